The first-order chi connectivity index (χ1) is 9.69. The number of hydrogen-bond donors (Lipinski definition) is 2. The van der Waals surface area contributed by atoms with E-state index < -0.39 is 26.8 Å². The largest absolute Gasteiger partial charge is 0.398 e. The molecule has 0 saturated carbocycles. The van der Waals surface area contributed by atoms with Crippen LogP contribution >= 0.6 is 0 Å². The van der Waals surface area contributed by atoms with Crippen LogP contribution in [0.2, 0.25) is 0 Å². The van der Waals surface area contributed by atoms with Crippen molar-refractivity contribution in [2.75, 3.05) is 18.9 Å². The van der Waals surface area contributed by atoms with Gasteiger partial charge in [0.1, 0.15) is 10.7 Å². The number of anilines is 1. The summed E-state index contributed by atoms with van der Waals surface area (Å²) < 4.78 is 46.3. The molecule has 0 amide bonds. The number of hydrogen-bond acceptors (Lipinski definition) is 4. The van der Waals surface area contributed by atoms with Crippen molar-refractivity contribution in [1.29, 1.82) is 0 Å². The Morgan fingerprint density at radius 1 is 1.38 bits per heavy atom. The Kier molecular flexibility index (Phi) is 6.12. The monoisotopic (exact) mass is 318 g/mol. The molecule has 0 heterocycles. The molecule has 0 saturated heterocycles. The molecule has 1 rings (SSSR count). The van der Waals surface area contributed by atoms with Gasteiger partial charge < -0.3 is 10.5 Å². The Labute approximate surface area is 125 Å². The highest BCUT2D eigenvalue weighted by Crippen LogP contribution is 2.22. The number of benzene rings is 1. The Morgan fingerprint density at radius 3 is 2.52 bits per heavy atom. The Balaban J connectivity index is 3.07. The lowest BCUT2D eigenvalue weighted by atomic mass is 10.1. The maximum absolute atomic E-state index is 13.9. The van der Waals surface area contributed by atoms with Gasteiger partial charge in [0.25, 0.3) is 0 Å². The molecular weight excluding hydrogens is 295 g/mol. The van der Waals surface area contributed by atoms with Gasteiger partial charge in [-0.2, -0.15) is 0 Å². The van der Waals surface area contributed by atoms with Crippen LogP contribution in [-0.2, 0) is 14.8 Å². The first-order valence-corrected chi connectivity index (χ1v) is 8.33. The number of nitrogens with one attached hydrogen (secondary N) is 1. The van der Waals surface area contributed by atoms with Crippen molar-refractivity contribution in [3.05, 3.63) is 23.5 Å². The quantitative estimate of drug-likeness (QED) is 0.754. The van der Waals surface area contributed by atoms with Gasteiger partial charge in [0, 0.05) is 18.3 Å². The Morgan fingerprint density at radius 2 is 2.00 bits per heavy atom. The van der Waals surface area contributed by atoms with E-state index in [1.807, 2.05) is 20.8 Å². The third-order valence-corrected chi connectivity index (χ3v) is 4.73. The highest BCUT2D eigenvalue weighted by atomic mass is 32.2. The molecule has 0 fully saturated rings. The summed E-state index contributed by atoms with van der Waals surface area (Å²) in [4.78, 5) is -0.437. The van der Waals surface area contributed by atoms with Crippen LogP contribution in [0.1, 0.15) is 26.3 Å². The summed E-state index contributed by atoms with van der Waals surface area (Å²) in [5.74, 6) is -0.801. The molecule has 1 aromatic rings. The Hall–Kier alpha value is -1.18. The number of ether oxygens (including phenoxy) is 1. The van der Waals surface area contributed by atoms with Crippen LogP contribution in [0.15, 0.2) is 17.0 Å². The standard InChI is InChI=1S/C14H23FN2O3S/c1-5-20-8-13(9(2)3)17-21(18,19)14-7-12(16)10(4)6-11(14)15/h6-7,9,13,17H,5,8,16H2,1-4H3. The van der Waals surface area contributed by atoms with Crippen LogP contribution in [-0.4, -0.2) is 27.7 Å². The van der Waals surface area contributed by atoms with E-state index in [9.17, 15) is 12.8 Å². The summed E-state index contributed by atoms with van der Waals surface area (Å²) in [6.07, 6.45) is 0. The first kappa shape index (κ1) is 17.9. The van der Waals surface area contributed by atoms with Crippen molar-refractivity contribution in [1.82, 2.24) is 4.72 Å². The van der Waals surface area contributed by atoms with Gasteiger partial charge in [-0.05, 0) is 37.5 Å². The van der Waals surface area contributed by atoms with E-state index in [-0.39, 0.29) is 18.2 Å². The highest BCUT2D eigenvalue weighted by Gasteiger charge is 2.25. The summed E-state index contributed by atoms with van der Waals surface area (Å²) in [5, 5.41) is 0. The van der Waals surface area contributed by atoms with Gasteiger partial charge in [-0.25, -0.2) is 17.5 Å². The fraction of sp³-hybridized carbons (Fsp3) is 0.571. The van der Waals surface area contributed by atoms with E-state index in [4.69, 9.17) is 10.5 Å². The van der Waals surface area contributed by atoms with Crippen molar-refractivity contribution in [3.63, 3.8) is 0 Å². The molecule has 0 radical (unpaired) electrons. The smallest absolute Gasteiger partial charge is 0.243 e. The summed E-state index contributed by atoms with van der Waals surface area (Å²) in [6, 6.07) is 1.83. The van der Waals surface area contributed by atoms with Crippen LogP contribution in [0.3, 0.4) is 0 Å². The molecular formula is C14H23FN2O3S. The molecule has 1 unspecified atom stereocenters. The molecule has 0 aliphatic rings. The maximum Gasteiger partial charge on any atom is 0.243 e. The minimum Gasteiger partial charge on any atom is -0.398 e. The minimum atomic E-state index is -3.99. The van der Waals surface area contributed by atoms with E-state index in [2.05, 4.69) is 4.72 Å². The SMILES string of the molecule is CCOCC(NS(=O)(=O)c1cc(N)c(C)cc1F)C(C)C. The topological polar surface area (TPSA) is 81.4 Å². The van der Waals surface area contributed by atoms with Crippen molar-refractivity contribution in [2.24, 2.45) is 5.92 Å². The zero-order valence-corrected chi connectivity index (χ0v) is 13.6. The molecule has 5 nitrogen and oxygen atoms in total. The van der Waals surface area contributed by atoms with Crippen LogP contribution in [0.25, 0.3) is 0 Å². The molecule has 7 heteroatoms. The molecule has 21 heavy (non-hydrogen) atoms. The lowest BCUT2D eigenvalue weighted by Crippen LogP contribution is -2.42. The van der Waals surface area contributed by atoms with Gasteiger partial charge in [0.05, 0.1) is 6.61 Å². The van der Waals surface area contributed by atoms with Gasteiger partial charge in [0.15, 0.2) is 0 Å². The number of nitrogens with two attached hydrogens (primary N) is 1. The van der Waals surface area contributed by atoms with Gasteiger partial charge >= 0.3 is 0 Å². The third-order valence-electron chi connectivity index (χ3n) is 3.22. The third kappa shape index (κ3) is 4.66. The second-order valence-electron chi connectivity index (χ2n) is 5.27. The van der Waals surface area contributed by atoms with E-state index in [1.54, 1.807) is 6.92 Å². The Bertz CT molecular complexity index is 588. The zero-order chi connectivity index (χ0) is 16.2. The molecule has 1 atom stereocenters. The average molecular weight is 318 g/mol. The lowest BCUT2D eigenvalue weighted by molar-refractivity contribution is 0.116. The number of sulfonamides is 1. The molecule has 1 aromatic carbocycles. The van der Waals surface area contributed by atoms with Crippen molar-refractivity contribution in [3.8, 4) is 0 Å². The molecule has 0 bridgehead atoms. The van der Waals surface area contributed by atoms with E-state index in [1.165, 1.54) is 0 Å². The van der Waals surface area contributed by atoms with Gasteiger partial charge in [0.2, 0.25) is 10.0 Å². The molecule has 0 aliphatic carbocycles. The van der Waals surface area contributed by atoms with Gasteiger partial charge in [-0.1, -0.05) is 13.8 Å². The minimum absolute atomic E-state index is 0.0113. The zero-order valence-electron chi connectivity index (χ0n) is 12.8. The normalized spacial score (nSPS) is 13.6. The van der Waals surface area contributed by atoms with Crippen LogP contribution in [0, 0.1) is 18.7 Å². The van der Waals surface area contributed by atoms with Crippen molar-refractivity contribution < 1.29 is 17.5 Å². The second kappa shape index (κ2) is 7.20. The fourth-order valence-corrected chi connectivity index (χ4v) is 3.21. The fourth-order valence-electron chi connectivity index (χ4n) is 1.74. The summed E-state index contributed by atoms with van der Waals surface area (Å²) in [5.41, 5.74) is 6.41. The predicted molar refractivity (Wildman–Crippen MR) is 81.0 cm³/mol. The van der Waals surface area contributed by atoms with Crippen molar-refractivity contribution in [2.45, 2.75) is 38.6 Å². The summed E-state index contributed by atoms with van der Waals surface area (Å²) in [7, 11) is -3.99. The number of aryl methyl sites for hydroxylation is 1. The average Bonchev–Trinajstić information content (AvgIpc) is 2.38. The molecule has 3 N–H and O–H groups in total. The highest BCUT2D eigenvalue weighted by molar-refractivity contribution is 7.89. The molecule has 120 valence electrons. The predicted octanol–water partition coefficient (Wildman–Crippen LogP) is 2.06. The van der Waals surface area contributed by atoms with Crippen LogP contribution in [0.4, 0.5) is 10.1 Å². The van der Waals surface area contributed by atoms with Crippen LogP contribution < -0.4 is 10.5 Å². The lowest BCUT2D eigenvalue weighted by Gasteiger charge is -2.22. The number of rotatable bonds is 7. The van der Waals surface area contributed by atoms with Gasteiger partial charge in [-0.3, -0.25) is 0 Å². The summed E-state index contributed by atoms with van der Waals surface area (Å²) >= 11 is 0. The number of nitrogen functional groups attached to an aromatic ring is 1. The summed E-state index contributed by atoms with van der Waals surface area (Å²) in [6.45, 7) is 7.89. The molecule has 0 spiro atoms. The molecule has 0 aromatic heterocycles. The van der Waals surface area contributed by atoms with Crippen LogP contribution in [0.5, 0.6) is 0 Å². The first-order valence-electron chi connectivity index (χ1n) is 6.84. The maximum atomic E-state index is 13.9. The van der Waals surface area contributed by atoms with Crippen molar-refractivity contribution >= 4 is 15.7 Å². The van der Waals surface area contributed by atoms with E-state index >= 15 is 0 Å². The van der Waals surface area contributed by atoms with Gasteiger partial charge in [-0.15, -0.1) is 0 Å². The van der Waals surface area contributed by atoms with E-state index in [0.717, 1.165) is 12.1 Å². The van der Waals surface area contributed by atoms with E-state index in [0.29, 0.717) is 12.2 Å². The second-order valence-corrected chi connectivity index (χ2v) is 6.95. The molecule has 0 aliphatic heterocycles. The number of halogens is 1.